The van der Waals surface area contributed by atoms with Gasteiger partial charge in [0.05, 0.1) is 0 Å². The molecular formula is C19H28N4O2. The van der Waals surface area contributed by atoms with Crippen LogP contribution in [0.3, 0.4) is 0 Å². The van der Waals surface area contributed by atoms with Crippen LogP contribution in [0.4, 0.5) is 5.69 Å². The van der Waals surface area contributed by atoms with E-state index in [-0.39, 0.29) is 11.8 Å². The molecule has 5 N–H and O–H groups in total. The Morgan fingerprint density at radius 1 is 1.16 bits per heavy atom. The molecule has 2 amide bonds. The molecule has 0 saturated carbocycles. The number of carbonyl (C=O) groups excluding carboxylic acids is 2. The Labute approximate surface area is 148 Å². The van der Waals surface area contributed by atoms with Crippen molar-refractivity contribution in [1.29, 1.82) is 0 Å². The number of hydrogen-bond donors (Lipinski definition) is 4. The lowest BCUT2D eigenvalue weighted by Gasteiger charge is -2.05. The second kappa shape index (κ2) is 9.22. The fraction of sp³-hybridized carbons (Fsp3) is 0.474. The first-order valence-corrected chi connectivity index (χ1v) is 8.90. The molecule has 0 unspecified atom stereocenters. The summed E-state index contributed by atoms with van der Waals surface area (Å²) in [5.41, 5.74) is 7.59. The molecule has 0 aliphatic carbocycles. The van der Waals surface area contributed by atoms with Gasteiger partial charge in [0.15, 0.2) is 0 Å². The Balaban J connectivity index is 1.97. The molecule has 0 spiro atoms. The van der Waals surface area contributed by atoms with E-state index in [4.69, 9.17) is 5.73 Å². The summed E-state index contributed by atoms with van der Waals surface area (Å²) in [6.45, 7) is 5.41. The fourth-order valence-corrected chi connectivity index (χ4v) is 2.55. The highest BCUT2D eigenvalue weighted by Gasteiger charge is 2.10. The maximum Gasteiger partial charge on any atom is 0.267 e. The van der Waals surface area contributed by atoms with Crippen LogP contribution in [0.5, 0.6) is 0 Å². The molecule has 1 aromatic heterocycles. The van der Waals surface area contributed by atoms with Gasteiger partial charge in [-0.15, -0.1) is 0 Å². The van der Waals surface area contributed by atoms with Gasteiger partial charge in [-0.2, -0.15) is 0 Å². The lowest BCUT2D eigenvalue weighted by atomic mass is 10.2. The summed E-state index contributed by atoms with van der Waals surface area (Å²) in [7, 11) is 0. The van der Waals surface area contributed by atoms with Crippen LogP contribution < -0.4 is 16.4 Å². The Morgan fingerprint density at radius 2 is 1.96 bits per heavy atom. The van der Waals surface area contributed by atoms with Crippen LogP contribution in [-0.2, 0) is 4.79 Å². The Kier molecular flexibility index (Phi) is 7.01. The Morgan fingerprint density at radius 3 is 2.68 bits per heavy atom. The van der Waals surface area contributed by atoms with Crippen molar-refractivity contribution in [3.8, 4) is 0 Å². The minimum atomic E-state index is -0.115. The average molecular weight is 344 g/mol. The number of aromatic nitrogens is 1. The average Bonchev–Trinajstić information content (AvgIpc) is 3.00. The number of rotatable bonds is 9. The fourth-order valence-electron chi connectivity index (χ4n) is 2.55. The SMILES string of the molecule is CC(C)CNC(=O)c1cc2cc(NC(=O)CCCCCN)ccc2[nH]1. The van der Waals surface area contributed by atoms with Gasteiger partial charge < -0.3 is 21.4 Å². The largest absolute Gasteiger partial charge is 0.351 e. The number of hydrogen-bond acceptors (Lipinski definition) is 3. The van der Waals surface area contributed by atoms with Gasteiger partial charge in [0.1, 0.15) is 5.69 Å². The van der Waals surface area contributed by atoms with Gasteiger partial charge >= 0.3 is 0 Å². The number of benzene rings is 1. The number of unbranched alkanes of at least 4 members (excludes halogenated alkanes) is 2. The lowest BCUT2D eigenvalue weighted by molar-refractivity contribution is -0.116. The normalized spacial score (nSPS) is 11.0. The van der Waals surface area contributed by atoms with E-state index in [1.807, 2.05) is 24.3 Å². The van der Waals surface area contributed by atoms with Gasteiger partial charge in [0.2, 0.25) is 5.91 Å². The van der Waals surface area contributed by atoms with Crippen molar-refractivity contribution in [2.24, 2.45) is 11.7 Å². The summed E-state index contributed by atoms with van der Waals surface area (Å²) in [4.78, 5) is 27.2. The van der Waals surface area contributed by atoms with E-state index in [0.29, 0.717) is 31.1 Å². The summed E-state index contributed by atoms with van der Waals surface area (Å²) in [6, 6.07) is 7.40. The molecule has 0 atom stereocenters. The minimum absolute atomic E-state index is 0.00167. The molecule has 0 saturated heterocycles. The van der Waals surface area contributed by atoms with E-state index >= 15 is 0 Å². The first-order chi connectivity index (χ1) is 12.0. The standard InChI is InChI=1S/C19H28N4O2/c1-13(2)12-21-19(25)17-11-14-10-15(7-8-16(14)23-17)22-18(24)6-4-3-5-9-20/h7-8,10-11,13,23H,3-6,9,12,20H2,1-2H3,(H,21,25)(H,22,24). The molecule has 136 valence electrons. The molecule has 0 aliphatic heterocycles. The lowest BCUT2D eigenvalue weighted by Crippen LogP contribution is -2.27. The van der Waals surface area contributed by atoms with Gasteiger partial charge in [0.25, 0.3) is 5.91 Å². The van der Waals surface area contributed by atoms with Crippen LogP contribution in [0.15, 0.2) is 24.3 Å². The highest BCUT2D eigenvalue weighted by atomic mass is 16.2. The smallest absolute Gasteiger partial charge is 0.267 e. The number of aromatic amines is 1. The highest BCUT2D eigenvalue weighted by molar-refractivity contribution is 5.99. The van der Waals surface area contributed by atoms with E-state index in [9.17, 15) is 9.59 Å². The van der Waals surface area contributed by atoms with Crippen LogP contribution in [0.1, 0.15) is 50.0 Å². The third kappa shape index (κ3) is 5.90. The molecule has 0 bridgehead atoms. The van der Waals surface area contributed by atoms with Crippen molar-refractivity contribution in [2.45, 2.75) is 39.5 Å². The van der Waals surface area contributed by atoms with E-state index in [1.165, 1.54) is 0 Å². The molecule has 0 aliphatic rings. The van der Waals surface area contributed by atoms with Gasteiger partial charge in [0, 0.05) is 29.6 Å². The Bertz CT molecular complexity index is 721. The third-order valence-corrected chi connectivity index (χ3v) is 3.93. The maximum absolute atomic E-state index is 12.1. The summed E-state index contributed by atoms with van der Waals surface area (Å²) >= 11 is 0. The van der Waals surface area contributed by atoms with Crippen LogP contribution in [0.2, 0.25) is 0 Å². The molecule has 0 fully saturated rings. The molecule has 2 rings (SSSR count). The number of anilines is 1. The van der Waals surface area contributed by atoms with E-state index < -0.39 is 0 Å². The van der Waals surface area contributed by atoms with Gasteiger partial charge in [-0.25, -0.2) is 0 Å². The number of amides is 2. The summed E-state index contributed by atoms with van der Waals surface area (Å²) in [6.07, 6.45) is 3.25. The van der Waals surface area contributed by atoms with Crippen molar-refractivity contribution in [1.82, 2.24) is 10.3 Å². The second-order valence-corrected chi connectivity index (χ2v) is 6.74. The van der Waals surface area contributed by atoms with Crippen molar-refractivity contribution in [2.75, 3.05) is 18.4 Å². The zero-order valence-corrected chi connectivity index (χ0v) is 15.0. The molecule has 0 radical (unpaired) electrons. The molecular weight excluding hydrogens is 316 g/mol. The van der Waals surface area contributed by atoms with E-state index in [1.54, 1.807) is 0 Å². The number of nitrogens with one attached hydrogen (secondary N) is 3. The van der Waals surface area contributed by atoms with Gasteiger partial charge in [-0.05, 0) is 49.6 Å². The predicted molar refractivity (Wildman–Crippen MR) is 102 cm³/mol. The molecule has 25 heavy (non-hydrogen) atoms. The van der Waals surface area contributed by atoms with Crippen molar-refractivity contribution in [3.05, 3.63) is 30.0 Å². The van der Waals surface area contributed by atoms with E-state index in [2.05, 4.69) is 29.5 Å². The minimum Gasteiger partial charge on any atom is -0.351 e. The quantitative estimate of drug-likeness (QED) is 0.526. The monoisotopic (exact) mass is 344 g/mol. The zero-order valence-electron chi connectivity index (χ0n) is 15.0. The first-order valence-electron chi connectivity index (χ1n) is 8.90. The zero-order chi connectivity index (χ0) is 18.2. The number of H-pyrrole nitrogens is 1. The summed E-state index contributed by atoms with van der Waals surface area (Å²) < 4.78 is 0. The number of nitrogens with two attached hydrogens (primary N) is 1. The van der Waals surface area contributed by atoms with Crippen molar-refractivity contribution >= 4 is 28.4 Å². The summed E-state index contributed by atoms with van der Waals surface area (Å²) in [5.74, 6) is 0.289. The van der Waals surface area contributed by atoms with Crippen LogP contribution in [0.25, 0.3) is 10.9 Å². The van der Waals surface area contributed by atoms with Crippen molar-refractivity contribution in [3.63, 3.8) is 0 Å². The van der Waals surface area contributed by atoms with Crippen LogP contribution in [-0.4, -0.2) is 29.9 Å². The molecule has 2 aromatic rings. The topological polar surface area (TPSA) is 100 Å². The molecule has 1 heterocycles. The first kappa shape index (κ1) is 19.0. The van der Waals surface area contributed by atoms with Gasteiger partial charge in [-0.1, -0.05) is 20.3 Å². The Hall–Kier alpha value is -2.34. The molecule has 1 aromatic carbocycles. The predicted octanol–water partition coefficient (Wildman–Crippen LogP) is 3.01. The molecule has 6 heteroatoms. The second-order valence-electron chi connectivity index (χ2n) is 6.74. The van der Waals surface area contributed by atoms with Crippen LogP contribution >= 0.6 is 0 Å². The maximum atomic E-state index is 12.1. The van der Waals surface area contributed by atoms with Gasteiger partial charge in [-0.3, -0.25) is 9.59 Å². The number of carbonyl (C=O) groups is 2. The van der Waals surface area contributed by atoms with E-state index in [0.717, 1.165) is 35.9 Å². The molecule has 6 nitrogen and oxygen atoms in total. The highest BCUT2D eigenvalue weighted by Crippen LogP contribution is 2.20. The van der Waals surface area contributed by atoms with Crippen LogP contribution in [0, 0.1) is 5.92 Å². The summed E-state index contributed by atoms with van der Waals surface area (Å²) in [5, 5.41) is 6.69. The van der Waals surface area contributed by atoms with Crippen molar-refractivity contribution < 1.29 is 9.59 Å². The third-order valence-electron chi connectivity index (χ3n) is 3.93. The number of fused-ring (bicyclic) bond motifs is 1.